The zero-order valence-electron chi connectivity index (χ0n) is 12.7. The van der Waals surface area contributed by atoms with Crippen molar-refractivity contribution >= 4 is 11.6 Å². The minimum absolute atomic E-state index is 0.652. The second-order valence-corrected chi connectivity index (χ2v) is 7.03. The largest absolute Gasteiger partial charge is 0.489 e. The average Bonchev–Trinajstić information content (AvgIpc) is 3.04. The highest BCUT2D eigenvalue weighted by Gasteiger charge is 2.34. The smallest absolute Gasteiger partial charge is 0.179 e. The van der Waals surface area contributed by atoms with Crippen molar-refractivity contribution in [3.05, 3.63) is 34.9 Å². The predicted molar refractivity (Wildman–Crippen MR) is 87.6 cm³/mol. The summed E-state index contributed by atoms with van der Waals surface area (Å²) in [5, 5.41) is 4.24. The van der Waals surface area contributed by atoms with E-state index in [1.807, 2.05) is 6.07 Å². The number of hydrogen-bond acceptors (Lipinski definition) is 3. The van der Waals surface area contributed by atoms with Gasteiger partial charge in [-0.25, -0.2) is 0 Å². The predicted octanol–water partition coefficient (Wildman–Crippen LogP) is 3.80. The number of halogens is 1. The van der Waals surface area contributed by atoms with Crippen LogP contribution in [0.4, 0.5) is 0 Å². The Hall–Kier alpha value is -1.19. The highest BCUT2D eigenvalue weighted by Crippen LogP contribution is 2.43. The highest BCUT2D eigenvalue weighted by molar-refractivity contribution is 6.32. The van der Waals surface area contributed by atoms with Gasteiger partial charge < -0.3 is 14.8 Å². The summed E-state index contributed by atoms with van der Waals surface area (Å²) in [6.45, 7) is 3.27. The Kier molecular flexibility index (Phi) is 4.01. The quantitative estimate of drug-likeness (QED) is 0.856. The highest BCUT2D eigenvalue weighted by atomic mass is 35.5. The van der Waals surface area contributed by atoms with Gasteiger partial charge in [0.25, 0.3) is 0 Å². The average molecular weight is 320 g/mol. The van der Waals surface area contributed by atoms with Crippen LogP contribution in [0.5, 0.6) is 11.5 Å². The molecule has 118 valence electrons. The van der Waals surface area contributed by atoms with Crippen molar-refractivity contribution in [3.63, 3.8) is 0 Å². The summed E-state index contributed by atoms with van der Waals surface area (Å²) in [4.78, 5) is 0. The van der Waals surface area contributed by atoms with Crippen LogP contribution >= 0.6 is 11.6 Å². The van der Waals surface area contributed by atoms with Crippen LogP contribution in [0.2, 0.25) is 5.02 Å². The van der Waals surface area contributed by atoms with Crippen molar-refractivity contribution in [2.24, 2.45) is 17.8 Å². The van der Waals surface area contributed by atoms with Crippen LogP contribution < -0.4 is 14.8 Å². The molecule has 2 bridgehead atoms. The first-order valence-electron chi connectivity index (χ1n) is 8.26. The molecule has 0 radical (unpaired) electrons. The van der Waals surface area contributed by atoms with E-state index >= 15 is 0 Å². The first-order chi connectivity index (χ1) is 10.8. The van der Waals surface area contributed by atoms with Crippen LogP contribution in [-0.4, -0.2) is 19.8 Å². The number of nitrogens with one attached hydrogen (secondary N) is 1. The molecule has 4 heteroatoms. The van der Waals surface area contributed by atoms with Gasteiger partial charge in [0, 0.05) is 13.0 Å². The first kappa shape index (κ1) is 14.4. The van der Waals surface area contributed by atoms with E-state index < -0.39 is 0 Å². The molecule has 0 saturated heterocycles. The summed E-state index contributed by atoms with van der Waals surface area (Å²) in [5.74, 6) is 3.91. The lowest BCUT2D eigenvalue weighted by Crippen LogP contribution is -2.25. The van der Waals surface area contributed by atoms with Crippen LogP contribution in [0.15, 0.2) is 24.3 Å². The molecule has 1 aromatic carbocycles. The third kappa shape index (κ3) is 2.84. The number of ether oxygens (including phenoxy) is 2. The number of fused-ring (bicyclic) bond motifs is 3. The minimum atomic E-state index is 0.652. The molecule has 1 heterocycles. The van der Waals surface area contributed by atoms with E-state index in [-0.39, 0.29) is 0 Å². The number of hydrogen-bond donors (Lipinski definition) is 1. The van der Waals surface area contributed by atoms with Crippen molar-refractivity contribution < 1.29 is 9.47 Å². The molecule has 3 aliphatic rings. The molecule has 4 rings (SSSR count). The Balaban J connectivity index is 1.37. The maximum absolute atomic E-state index is 6.34. The molecule has 1 fully saturated rings. The molecule has 0 amide bonds. The van der Waals surface area contributed by atoms with Crippen LogP contribution in [0.1, 0.15) is 24.8 Å². The standard InChI is InChI=1S/C18H22ClNO2/c19-16-8-13(9-17-18(16)22-5-1-4-21-17)10-20-11-15-7-12-2-3-14(15)6-12/h2-3,8-9,12,14-15,20H,1,4-7,10-11H2/t12-,14-,15-/m0/s1. The fourth-order valence-electron chi connectivity index (χ4n) is 3.92. The molecule has 1 N–H and O–H groups in total. The molecule has 0 aromatic heterocycles. The molecule has 3 nitrogen and oxygen atoms in total. The second kappa shape index (κ2) is 6.13. The number of rotatable bonds is 4. The summed E-state index contributed by atoms with van der Waals surface area (Å²) in [6.07, 6.45) is 8.41. The van der Waals surface area contributed by atoms with E-state index in [1.165, 1.54) is 12.8 Å². The normalized spacial score (nSPS) is 28.9. The lowest BCUT2D eigenvalue weighted by atomic mass is 9.93. The van der Waals surface area contributed by atoms with Crippen LogP contribution in [0, 0.1) is 17.8 Å². The fraction of sp³-hybridized carbons (Fsp3) is 0.556. The topological polar surface area (TPSA) is 30.5 Å². The van der Waals surface area contributed by atoms with Crippen molar-refractivity contribution in [2.75, 3.05) is 19.8 Å². The lowest BCUT2D eigenvalue weighted by molar-refractivity contribution is 0.297. The Bertz CT molecular complexity index is 587. The third-order valence-corrected chi connectivity index (χ3v) is 5.29. The van der Waals surface area contributed by atoms with Crippen LogP contribution in [0.25, 0.3) is 0 Å². The van der Waals surface area contributed by atoms with Gasteiger partial charge >= 0.3 is 0 Å². The Labute approximate surface area is 136 Å². The van der Waals surface area contributed by atoms with Gasteiger partial charge in [-0.1, -0.05) is 23.8 Å². The fourth-order valence-corrected chi connectivity index (χ4v) is 4.21. The Morgan fingerprint density at radius 3 is 2.86 bits per heavy atom. The van der Waals surface area contributed by atoms with E-state index in [1.54, 1.807) is 0 Å². The molecule has 0 spiro atoms. The maximum Gasteiger partial charge on any atom is 0.179 e. The van der Waals surface area contributed by atoms with Gasteiger partial charge in [0.15, 0.2) is 11.5 Å². The van der Waals surface area contributed by atoms with E-state index in [0.717, 1.165) is 48.6 Å². The van der Waals surface area contributed by atoms with E-state index in [9.17, 15) is 0 Å². The van der Waals surface area contributed by atoms with Gasteiger partial charge in [0.2, 0.25) is 0 Å². The van der Waals surface area contributed by atoms with Crippen LogP contribution in [0.3, 0.4) is 0 Å². The molecule has 0 unspecified atom stereocenters. The molecule has 3 atom stereocenters. The SMILES string of the molecule is Clc1cc(CNC[C@@H]2C[C@H]3C=C[C@H]2C3)cc2c1OCCCO2. The number of benzene rings is 1. The van der Waals surface area contributed by atoms with Crippen molar-refractivity contribution in [2.45, 2.75) is 25.8 Å². The molecule has 22 heavy (non-hydrogen) atoms. The van der Waals surface area contributed by atoms with Gasteiger partial charge in [-0.15, -0.1) is 0 Å². The molecule has 1 saturated carbocycles. The zero-order chi connectivity index (χ0) is 14.9. The van der Waals surface area contributed by atoms with Gasteiger partial charge in [-0.3, -0.25) is 0 Å². The number of allylic oxidation sites excluding steroid dienone is 2. The zero-order valence-corrected chi connectivity index (χ0v) is 13.4. The summed E-state index contributed by atoms with van der Waals surface area (Å²) in [7, 11) is 0. The summed E-state index contributed by atoms with van der Waals surface area (Å²) >= 11 is 6.34. The molecular weight excluding hydrogens is 298 g/mol. The van der Waals surface area contributed by atoms with Crippen LogP contribution in [-0.2, 0) is 6.54 Å². The van der Waals surface area contributed by atoms with Crippen molar-refractivity contribution in [1.82, 2.24) is 5.32 Å². The van der Waals surface area contributed by atoms with Gasteiger partial charge in [0.05, 0.1) is 18.2 Å². The van der Waals surface area contributed by atoms with Gasteiger partial charge in [-0.05, 0) is 54.8 Å². The molecule has 2 aliphatic carbocycles. The lowest BCUT2D eigenvalue weighted by Gasteiger charge is -2.19. The summed E-state index contributed by atoms with van der Waals surface area (Å²) < 4.78 is 11.4. The second-order valence-electron chi connectivity index (χ2n) is 6.63. The van der Waals surface area contributed by atoms with E-state index in [2.05, 4.69) is 23.5 Å². The van der Waals surface area contributed by atoms with Gasteiger partial charge in [-0.2, -0.15) is 0 Å². The molecule has 1 aliphatic heterocycles. The molecular formula is C18H22ClNO2. The Morgan fingerprint density at radius 1 is 1.14 bits per heavy atom. The van der Waals surface area contributed by atoms with Crippen molar-refractivity contribution in [1.29, 1.82) is 0 Å². The van der Waals surface area contributed by atoms with E-state index in [0.29, 0.717) is 24.0 Å². The minimum Gasteiger partial charge on any atom is -0.489 e. The molecule has 1 aromatic rings. The summed E-state index contributed by atoms with van der Waals surface area (Å²) in [6, 6.07) is 4.04. The first-order valence-corrected chi connectivity index (χ1v) is 8.64. The third-order valence-electron chi connectivity index (χ3n) is 5.01. The van der Waals surface area contributed by atoms with Crippen molar-refractivity contribution in [3.8, 4) is 11.5 Å². The Morgan fingerprint density at radius 2 is 2.05 bits per heavy atom. The maximum atomic E-state index is 6.34. The van der Waals surface area contributed by atoms with Gasteiger partial charge in [0.1, 0.15) is 0 Å². The summed E-state index contributed by atoms with van der Waals surface area (Å²) in [5.41, 5.74) is 1.16. The van der Waals surface area contributed by atoms with E-state index in [4.69, 9.17) is 21.1 Å². The monoisotopic (exact) mass is 319 g/mol.